The Hall–Kier alpha value is -3.57. The van der Waals surface area contributed by atoms with Crippen molar-refractivity contribution in [3.8, 4) is 17.6 Å². The smallest absolute Gasteiger partial charge is 0.335 e. The Balaban J connectivity index is 2.08. The van der Waals surface area contributed by atoms with Crippen molar-refractivity contribution < 1.29 is 28.9 Å². The van der Waals surface area contributed by atoms with Crippen LogP contribution in [0.2, 0.25) is 0 Å². The Labute approximate surface area is 200 Å². The van der Waals surface area contributed by atoms with Crippen molar-refractivity contribution in [3.63, 3.8) is 0 Å². The van der Waals surface area contributed by atoms with Crippen LogP contribution in [0, 0.1) is 11.3 Å². The van der Waals surface area contributed by atoms with E-state index in [9.17, 15) is 14.9 Å². The van der Waals surface area contributed by atoms with E-state index in [2.05, 4.69) is 11.0 Å². The number of rotatable bonds is 13. The Morgan fingerprint density at radius 1 is 1.06 bits per heavy atom. The molecule has 182 valence electrons. The van der Waals surface area contributed by atoms with Gasteiger partial charge in [-0.25, -0.2) is 9.59 Å². The maximum atomic E-state index is 12.9. The molecule has 0 unspecified atom stereocenters. The van der Waals surface area contributed by atoms with Gasteiger partial charge in [0.2, 0.25) is 0 Å². The first-order valence-corrected chi connectivity index (χ1v) is 11.1. The summed E-state index contributed by atoms with van der Waals surface area (Å²) >= 11 is 0. The first kappa shape index (κ1) is 26.7. The van der Waals surface area contributed by atoms with Gasteiger partial charge in [0.25, 0.3) is 0 Å². The summed E-state index contributed by atoms with van der Waals surface area (Å²) in [7, 11) is 5.00. The molecule has 0 saturated heterocycles. The number of nitriles is 1. The highest BCUT2D eigenvalue weighted by molar-refractivity contribution is 5.87. The van der Waals surface area contributed by atoms with Crippen LogP contribution in [0.4, 0.5) is 0 Å². The molecule has 0 saturated carbocycles. The average molecular weight is 469 g/mol. The third kappa shape index (κ3) is 6.49. The Bertz CT molecular complexity index is 1010. The number of carboxylic acid groups (broad SMARTS) is 1. The Morgan fingerprint density at radius 3 is 2.29 bits per heavy atom. The van der Waals surface area contributed by atoms with Gasteiger partial charge in [-0.3, -0.25) is 0 Å². The molecule has 1 atom stereocenters. The summed E-state index contributed by atoms with van der Waals surface area (Å²) < 4.78 is 15.9. The second-order valence-corrected chi connectivity index (χ2v) is 7.97. The molecule has 0 bridgehead atoms. The number of ether oxygens (including phenoxy) is 3. The topological polar surface area (TPSA) is 109 Å². The number of carboxylic acids is 1. The fraction of sp³-hybridized carbons (Fsp3) is 0.423. The fourth-order valence-electron chi connectivity index (χ4n) is 3.75. The number of nitrogens with zero attached hydrogens (tertiary/aromatic N) is 2. The molecule has 8 nitrogen and oxygen atoms in total. The average Bonchev–Trinajstić information content (AvgIpc) is 2.85. The number of aromatic carboxylic acids is 1. The van der Waals surface area contributed by atoms with Gasteiger partial charge in [0, 0.05) is 6.54 Å². The fourth-order valence-corrected chi connectivity index (χ4v) is 3.75. The molecule has 2 aromatic rings. The quantitative estimate of drug-likeness (QED) is 0.444. The van der Waals surface area contributed by atoms with Gasteiger partial charge in [0.15, 0.2) is 16.9 Å². The standard InChI is InChI=1S/C26H32N2O6/c1-5-34-25(31)26(18-27,21-11-12-22(32-3)23(17-21)33-4)14-6-15-28(2)16-13-19-7-9-20(10-8-19)24(29)30/h7-12,17H,5-6,13-16H2,1-4H3,(H,29,30)/t26-/m0/s1. The lowest BCUT2D eigenvalue weighted by Gasteiger charge is -2.27. The van der Waals surface area contributed by atoms with Crippen molar-refractivity contribution in [1.82, 2.24) is 4.90 Å². The van der Waals surface area contributed by atoms with Gasteiger partial charge in [-0.1, -0.05) is 18.2 Å². The van der Waals surface area contributed by atoms with Crippen LogP contribution < -0.4 is 9.47 Å². The van der Waals surface area contributed by atoms with Crippen molar-refractivity contribution in [2.75, 3.05) is 41.0 Å². The van der Waals surface area contributed by atoms with Gasteiger partial charge in [0.1, 0.15) is 0 Å². The highest BCUT2D eigenvalue weighted by Crippen LogP contribution is 2.36. The van der Waals surface area contributed by atoms with E-state index in [0.717, 1.165) is 18.5 Å². The van der Waals surface area contributed by atoms with E-state index in [1.54, 1.807) is 37.3 Å². The third-order valence-electron chi connectivity index (χ3n) is 5.77. The summed E-state index contributed by atoms with van der Waals surface area (Å²) in [6, 6.07) is 14.1. The lowest BCUT2D eigenvalue weighted by Crippen LogP contribution is -2.37. The summed E-state index contributed by atoms with van der Waals surface area (Å²) in [6.45, 7) is 3.31. The molecule has 0 aliphatic rings. The minimum Gasteiger partial charge on any atom is -0.493 e. The van der Waals surface area contributed by atoms with E-state index in [1.165, 1.54) is 14.2 Å². The van der Waals surface area contributed by atoms with Gasteiger partial charge in [-0.2, -0.15) is 5.26 Å². The van der Waals surface area contributed by atoms with E-state index in [-0.39, 0.29) is 18.6 Å². The number of esters is 1. The molecule has 34 heavy (non-hydrogen) atoms. The molecular formula is C26H32N2O6. The van der Waals surface area contributed by atoms with Gasteiger partial charge in [-0.05, 0) is 75.2 Å². The molecule has 0 amide bonds. The number of likely N-dealkylation sites (N-methyl/N-ethyl adjacent to an activating group) is 1. The zero-order valence-electron chi connectivity index (χ0n) is 20.2. The van der Waals surface area contributed by atoms with Gasteiger partial charge in [-0.15, -0.1) is 0 Å². The lowest BCUT2D eigenvalue weighted by atomic mass is 9.77. The molecule has 0 fully saturated rings. The highest BCUT2D eigenvalue weighted by atomic mass is 16.5. The normalized spacial score (nSPS) is 12.5. The summed E-state index contributed by atoms with van der Waals surface area (Å²) in [5.41, 5.74) is 0.356. The molecule has 2 rings (SSSR count). The summed E-state index contributed by atoms with van der Waals surface area (Å²) in [5, 5.41) is 19.1. The van der Waals surface area contributed by atoms with Gasteiger partial charge in [0.05, 0.1) is 32.5 Å². The van der Waals surface area contributed by atoms with E-state index in [0.29, 0.717) is 30.0 Å². The molecule has 0 radical (unpaired) electrons. The summed E-state index contributed by atoms with van der Waals surface area (Å²) in [4.78, 5) is 26.0. The molecule has 0 aliphatic carbocycles. The molecule has 0 aliphatic heterocycles. The first-order valence-electron chi connectivity index (χ1n) is 11.1. The monoisotopic (exact) mass is 468 g/mol. The van der Waals surface area contributed by atoms with Crippen LogP contribution in [0.25, 0.3) is 0 Å². The zero-order chi connectivity index (χ0) is 25.1. The predicted octanol–water partition coefficient (Wildman–Crippen LogP) is 3.68. The highest BCUT2D eigenvalue weighted by Gasteiger charge is 2.42. The van der Waals surface area contributed by atoms with E-state index >= 15 is 0 Å². The molecule has 0 heterocycles. The molecule has 1 N–H and O–H groups in total. The number of carbonyl (C=O) groups is 2. The van der Waals surface area contributed by atoms with E-state index in [1.807, 2.05) is 19.2 Å². The van der Waals surface area contributed by atoms with Crippen molar-refractivity contribution in [2.45, 2.75) is 31.6 Å². The maximum Gasteiger partial charge on any atom is 0.335 e. The minimum atomic E-state index is -1.46. The van der Waals surface area contributed by atoms with Crippen LogP contribution in [0.15, 0.2) is 42.5 Å². The van der Waals surface area contributed by atoms with Crippen molar-refractivity contribution >= 4 is 11.9 Å². The number of hydrogen-bond donors (Lipinski definition) is 1. The number of hydrogen-bond acceptors (Lipinski definition) is 7. The lowest BCUT2D eigenvalue weighted by molar-refractivity contribution is -0.148. The van der Waals surface area contributed by atoms with Gasteiger partial charge >= 0.3 is 11.9 Å². The third-order valence-corrected chi connectivity index (χ3v) is 5.77. The predicted molar refractivity (Wildman–Crippen MR) is 127 cm³/mol. The number of methoxy groups -OCH3 is 2. The van der Waals surface area contributed by atoms with E-state index in [4.69, 9.17) is 19.3 Å². The summed E-state index contributed by atoms with van der Waals surface area (Å²) in [6.07, 6.45) is 1.64. The largest absolute Gasteiger partial charge is 0.493 e. The Morgan fingerprint density at radius 2 is 1.74 bits per heavy atom. The number of benzene rings is 2. The molecule has 2 aromatic carbocycles. The molecular weight excluding hydrogens is 436 g/mol. The van der Waals surface area contributed by atoms with E-state index < -0.39 is 17.4 Å². The molecule has 0 spiro atoms. The van der Waals surface area contributed by atoms with Crippen molar-refractivity contribution in [2.24, 2.45) is 0 Å². The SMILES string of the molecule is CCOC(=O)[C@](C#N)(CCCN(C)CCc1ccc(C(=O)O)cc1)c1ccc(OC)c(OC)c1. The Kier molecular flexibility index (Phi) is 9.90. The van der Waals surface area contributed by atoms with Crippen molar-refractivity contribution in [3.05, 3.63) is 59.2 Å². The van der Waals surface area contributed by atoms with Crippen molar-refractivity contribution in [1.29, 1.82) is 5.26 Å². The van der Waals surface area contributed by atoms with Crippen LogP contribution >= 0.6 is 0 Å². The van der Waals surface area contributed by atoms with Crippen LogP contribution in [-0.2, 0) is 21.4 Å². The molecule has 0 aromatic heterocycles. The summed E-state index contributed by atoms with van der Waals surface area (Å²) in [5.74, 6) is -0.570. The van der Waals surface area contributed by atoms with Gasteiger partial charge < -0.3 is 24.2 Å². The second-order valence-electron chi connectivity index (χ2n) is 7.97. The molecule has 8 heteroatoms. The van der Waals surface area contributed by atoms with Crippen LogP contribution in [0.5, 0.6) is 11.5 Å². The van der Waals surface area contributed by atoms with Crippen LogP contribution in [-0.4, -0.2) is 62.9 Å². The minimum absolute atomic E-state index is 0.177. The van der Waals surface area contributed by atoms with Crippen LogP contribution in [0.1, 0.15) is 41.3 Å². The first-order chi connectivity index (χ1) is 16.3. The number of carbonyl (C=O) groups excluding carboxylic acids is 1. The zero-order valence-corrected chi connectivity index (χ0v) is 20.2. The second kappa shape index (κ2) is 12.6. The maximum absolute atomic E-state index is 12.9. The van der Waals surface area contributed by atoms with Crippen LogP contribution in [0.3, 0.4) is 0 Å².